The SMILES string of the molecule is CC(NC(=O)OC(C)(C)C)c1cc(F)c(Br)c(Cl)c1. The Balaban J connectivity index is 2.79. The molecule has 0 aliphatic heterocycles. The zero-order chi connectivity index (χ0) is 14.8. The van der Waals surface area contributed by atoms with Gasteiger partial charge in [0.2, 0.25) is 0 Å². The van der Waals surface area contributed by atoms with Crippen LogP contribution >= 0.6 is 27.5 Å². The summed E-state index contributed by atoms with van der Waals surface area (Å²) < 4.78 is 18.9. The van der Waals surface area contributed by atoms with Crippen molar-refractivity contribution in [2.75, 3.05) is 0 Å². The molecule has 106 valence electrons. The smallest absolute Gasteiger partial charge is 0.408 e. The van der Waals surface area contributed by atoms with Crippen LogP contribution < -0.4 is 5.32 Å². The van der Waals surface area contributed by atoms with Crippen molar-refractivity contribution in [2.24, 2.45) is 0 Å². The highest BCUT2D eigenvalue weighted by Crippen LogP contribution is 2.29. The summed E-state index contributed by atoms with van der Waals surface area (Å²) in [6.07, 6.45) is -0.556. The van der Waals surface area contributed by atoms with Gasteiger partial charge in [0.15, 0.2) is 0 Å². The average molecular weight is 353 g/mol. The minimum absolute atomic E-state index is 0.211. The third-order valence-electron chi connectivity index (χ3n) is 2.24. The fourth-order valence-electron chi connectivity index (χ4n) is 1.39. The van der Waals surface area contributed by atoms with Crippen LogP contribution in [0.2, 0.25) is 5.02 Å². The van der Waals surface area contributed by atoms with Crippen molar-refractivity contribution < 1.29 is 13.9 Å². The van der Waals surface area contributed by atoms with Gasteiger partial charge in [-0.15, -0.1) is 0 Å². The highest BCUT2D eigenvalue weighted by molar-refractivity contribution is 9.10. The van der Waals surface area contributed by atoms with Gasteiger partial charge >= 0.3 is 6.09 Å². The number of hydrogen-bond acceptors (Lipinski definition) is 2. The summed E-state index contributed by atoms with van der Waals surface area (Å²) in [5.41, 5.74) is -0.0107. The second-order valence-corrected chi connectivity index (χ2v) is 6.37. The fraction of sp³-hybridized carbons (Fsp3) is 0.462. The van der Waals surface area contributed by atoms with Gasteiger partial charge in [-0.25, -0.2) is 9.18 Å². The first kappa shape index (κ1) is 16.2. The molecule has 0 spiro atoms. The van der Waals surface area contributed by atoms with Gasteiger partial charge in [0.25, 0.3) is 0 Å². The van der Waals surface area contributed by atoms with E-state index in [-0.39, 0.29) is 9.50 Å². The first-order valence-corrected chi connectivity index (χ1v) is 6.91. The van der Waals surface area contributed by atoms with Crippen LogP contribution in [0.3, 0.4) is 0 Å². The second kappa shape index (κ2) is 6.09. The van der Waals surface area contributed by atoms with Crippen LogP contribution in [0.4, 0.5) is 9.18 Å². The topological polar surface area (TPSA) is 38.3 Å². The van der Waals surface area contributed by atoms with E-state index in [0.717, 1.165) is 0 Å². The maximum atomic E-state index is 13.5. The van der Waals surface area contributed by atoms with E-state index in [9.17, 15) is 9.18 Å². The number of halogens is 3. The van der Waals surface area contributed by atoms with Gasteiger partial charge in [0, 0.05) is 0 Å². The van der Waals surface area contributed by atoms with Crippen LogP contribution in [-0.4, -0.2) is 11.7 Å². The molecule has 6 heteroatoms. The van der Waals surface area contributed by atoms with Crippen LogP contribution in [0.25, 0.3) is 0 Å². The standard InChI is InChI=1S/C13H16BrClFNO2/c1-7(17-12(18)19-13(2,3)4)8-5-9(15)11(14)10(16)6-8/h5-7H,1-4H3,(H,17,18). The summed E-state index contributed by atoms with van der Waals surface area (Å²) in [4.78, 5) is 11.6. The largest absolute Gasteiger partial charge is 0.444 e. The minimum atomic E-state index is -0.577. The summed E-state index contributed by atoms with van der Waals surface area (Å²) in [5, 5.41) is 2.88. The molecule has 1 amide bonds. The van der Waals surface area contributed by atoms with Gasteiger partial charge < -0.3 is 10.1 Å². The van der Waals surface area contributed by atoms with E-state index in [2.05, 4.69) is 21.2 Å². The number of alkyl carbamates (subject to hydrolysis) is 1. The van der Waals surface area contributed by atoms with E-state index in [1.54, 1.807) is 33.8 Å². The molecule has 1 atom stereocenters. The average Bonchev–Trinajstić information content (AvgIpc) is 2.22. The third kappa shape index (κ3) is 4.99. The van der Waals surface area contributed by atoms with Crippen molar-refractivity contribution in [3.63, 3.8) is 0 Å². The number of carbonyl (C=O) groups is 1. The highest BCUT2D eigenvalue weighted by Gasteiger charge is 2.19. The lowest BCUT2D eigenvalue weighted by Crippen LogP contribution is -2.34. The lowest BCUT2D eigenvalue weighted by atomic mass is 10.1. The van der Waals surface area contributed by atoms with Crippen LogP contribution in [0.1, 0.15) is 39.3 Å². The van der Waals surface area contributed by atoms with Crippen molar-refractivity contribution in [2.45, 2.75) is 39.3 Å². The minimum Gasteiger partial charge on any atom is -0.444 e. The molecular weight excluding hydrogens is 337 g/mol. The molecule has 0 aromatic heterocycles. The molecule has 1 aromatic carbocycles. The molecule has 0 aliphatic rings. The zero-order valence-corrected chi connectivity index (χ0v) is 13.5. The van der Waals surface area contributed by atoms with Crippen molar-refractivity contribution >= 4 is 33.6 Å². The Kier molecular flexibility index (Phi) is 5.21. The quantitative estimate of drug-likeness (QED) is 0.774. The first-order chi connectivity index (χ1) is 8.60. The molecule has 0 bridgehead atoms. The molecule has 1 unspecified atom stereocenters. The molecule has 3 nitrogen and oxygen atoms in total. The molecule has 1 N–H and O–H groups in total. The van der Waals surface area contributed by atoms with Crippen LogP contribution in [0, 0.1) is 5.82 Å². The Morgan fingerprint density at radius 2 is 2.05 bits per heavy atom. The molecule has 0 radical (unpaired) electrons. The first-order valence-electron chi connectivity index (χ1n) is 5.74. The van der Waals surface area contributed by atoms with Crippen LogP contribution in [0.15, 0.2) is 16.6 Å². The Morgan fingerprint density at radius 3 is 2.53 bits per heavy atom. The van der Waals surface area contributed by atoms with E-state index in [1.165, 1.54) is 6.07 Å². The van der Waals surface area contributed by atoms with E-state index < -0.39 is 23.6 Å². The molecule has 0 fully saturated rings. The van der Waals surface area contributed by atoms with Gasteiger partial charge in [-0.1, -0.05) is 11.6 Å². The number of hydrogen-bond donors (Lipinski definition) is 1. The summed E-state index contributed by atoms with van der Waals surface area (Å²) in [6.45, 7) is 7.04. The molecule has 0 saturated carbocycles. The number of amides is 1. The molecule has 19 heavy (non-hydrogen) atoms. The maximum Gasteiger partial charge on any atom is 0.408 e. The predicted molar refractivity (Wildman–Crippen MR) is 76.9 cm³/mol. The Bertz CT molecular complexity index is 465. The van der Waals surface area contributed by atoms with E-state index in [0.29, 0.717) is 5.56 Å². The molecule has 1 rings (SSSR count). The predicted octanol–water partition coefficient (Wildman–Crippen LogP) is 4.83. The molecule has 1 aromatic rings. The summed E-state index contributed by atoms with van der Waals surface area (Å²) in [7, 11) is 0. The molecule has 0 heterocycles. The normalized spacial score (nSPS) is 13.0. The number of nitrogens with one attached hydrogen (secondary N) is 1. The number of ether oxygens (including phenoxy) is 1. The Hall–Kier alpha value is -0.810. The van der Waals surface area contributed by atoms with Crippen LogP contribution in [0.5, 0.6) is 0 Å². The van der Waals surface area contributed by atoms with Gasteiger partial charge in [0.05, 0.1) is 15.5 Å². The molecular formula is C13H16BrClFNO2. The van der Waals surface area contributed by atoms with Gasteiger partial charge in [-0.05, 0) is 61.3 Å². The summed E-state index contributed by atoms with van der Waals surface area (Å²) >= 11 is 8.91. The van der Waals surface area contributed by atoms with Crippen molar-refractivity contribution in [3.05, 3.63) is 33.0 Å². The lowest BCUT2D eigenvalue weighted by molar-refractivity contribution is 0.0508. The highest BCUT2D eigenvalue weighted by atomic mass is 79.9. The number of rotatable bonds is 2. The number of carbonyl (C=O) groups excluding carboxylic acids is 1. The van der Waals surface area contributed by atoms with Crippen molar-refractivity contribution in [1.82, 2.24) is 5.32 Å². The zero-order valence-electron chi connectivity index (χ0n) is 11.2. The molecule has 0 saturated heterocycles. The van der Waals surface area contributed by atoms with Crippen molar-refractivity contribution in [3.8, 4) is 0 Å². The van der Waals surface area contributed by atoms with E-state index >= 15 is 0 Å². The number of benzene rings is 1. The van der Waals surface area contributed by atoms with Gasteiger partial charge in [-0.2, -0.15) is 0 Å². The Labute approximate surface area is 125 Å². The van der Waals surface area contributed by atoms with Crippen molar-refractivity contribution in [1.29, 1.82) is 0 Å². The Morgan fingerprint density at radius 1 is 1.47 bits per heavy atom. The lowest BCUT2D eigenvalue weighted by Gasteiger charge is -2.22. The third-order valence-corrected chi connectivity index (χ3v) is 3.57. The van der Waals surface area contributed by atoms with Gasteiger partial charge in [-0.3, -0.25) is 0 Å². The van der Waals surface area contributed by atoms with Crippen LogP contribution in [-0.2, 0) is 4.74 Å². The van der Waals surface area contributed by atoms with E-state index in [1.807, 2.05) is 0 Å². The summed E-state index contributed by atoms with van der Waals surface area (Å²) in [5.74, 6) is -0.472. The van der Waals surface area contributed by atoms with Gasteiger partial charge in [0.1, 0.15) is 11.4 Å². The monoisotopic (exact) mass is 351 g/mol. The van der Waals surface area contributed by atoms with E-state index in [4.69, 9.17) is 16.3 Å². The maximum absolute atomic E-state index is 13.5. The second-order valence-electron chi connectivity index (χ2n) is 5.17. The summed E-state index contributed by atoms with van der Waals surface area (Å²) in [6, 6.07) is 2.50. The molecule has 0 aliphatic carbocycles. The fourth-order valence-corrected chi connectivity index (χ4v) is 1.84.